The number of hydrogen-bond acceptors (Lipinski definition) is 2. The second-order valence-corrected chi connectivity index (χ2v) is 6.20. The van der Waals surface area contributed by atoms with Gasteiger partial charge in [-0.2, -0.15) is 0 Å². The minimum Gasteiger partial charge on any atom is -0.331 e. The molecule has 0 radical (unpaired) electrons. The molecule has 1 heterocycles. The van der Waals surface area contributed by atoms with Crippen LogP contribution >= 0.6 is 0 Å². The van der Waals surface area contributed by atoms with E-state index in [0.717, 1.165) is 17.8 Å². The maximum absolute atomic E-state index is 6.49. The first-order chi connectivity index (χ1) is 9.75. The lowest BCUT2D eigenvalue weighted by molar-refractivity contribution is 0.367. The van der Waals surface area contributed by atoms with Gasteiger partial charge in [-0.3, -0.25) is 0 Å². The van der Waals surface area contributed by atoms with E-state index in [2.05, 4.69) is 29.8 Å². The summed E-state index contributed by atoms with van der Waals surface area (Å²) in [6, 6.07) is 8.58. The van der Waals surface area contributed by atoms with Gasteiger partial charge in [0.05, 0.1) is 11.0 Å². The molecule has 0 amide bonds. The molecule has 1 saturated carbocycles. The van der Waals surface area contributed by atoms with Crippen LogP contribution in [-0.2, 0) is 13.5 Å². The first-order valence-electron chi connectivity index (χ1n) is 7.91. The van der Waals surface area contributed by atoms with Crippen LogP contribution in [0.4, 0.5) is 0 Å². The third-order valence-corrected chi connectivity index (χ3v) is 4.80. The Kier molecular flexibility index (Phi) is 4.06. The van der Waals surface area contributed by atoms with Gasteiger partial charge in [0, 0.05) is 19.5 Å². The SMILES string of the molecule is Cn1c(CC(N)C2CCCCCC2)nc2ccccc21. The summed E-state index contributed by atoms with van der Waals surface area (Å²) in [5.74, 6) is 1.81. The predicted molar refractivity (Wildman–Crippen MR) is 83.6 cm³/mol. The summed E-state index contributed by atoms with van der Waals surface area (Å²) in [4.78, 5) is 4.75. The average molecular weight is 271 g/mol. The molecule has 0 aliphatic heterocycles. The summed E-state index contributed by atoms with van der Waals surface area (Å²) in [6.07, 6.45) is 8.96. The number of imidazole rings is 1. The van der Waals surface area contributed by atoms with Crippen molar-refractivity contribution in [2.45, 2.75) is 51.0 Å². The molecule has 1 aliphatic carbocycles. The molecule has 2 N–H and O–H groups in total. The maximum Gasteiger partial charge on any atom is 0.111 e. The van der Waals surface area contributed by atoms with E-state index in [0.29, 0.717) is 5.92 Å². The molecule has 1 aromatic heterocycles. The van der Waals surface area contributed by atoms with Crippen molar-refractivity contribution in [3.8, 4) is 0 Å². The van der Waals surface area contributed by atoms with Crippen molar-refractivity contribution in [3.05, 3.63) is 30.1 Å². The third kappa shape index (κ3) is 2.73. The van der Waals surface area contributed by atoms with E-state index in [1.54, 1.807) is 0 Å². The molecule has 1 fully saturated rings. The Morgan fingerprint density at radius 1 is 1.20 bits per heavy atom. The van der Waals surface area contributed by atoms with Gasteiger partial charge in [-0.1, -0.05) is 37.8 Å². The lowest BCUT2D eigenvalue weighted by atomic mass is 9.90. The fraction of sp³-hybridized carbons (Fsp3) is 0.588. The Morgan fingerprint density at radius 2 is 1.90 bits per heavy atom. The van der Waals surface area contributed by atoms with E-state index in [1.165, 1.54) is 44.0 Å². The molecule has 1 atom stereocenters. The zero-order valence-electron chi connectivity index (χ0n) is 12.4. The average Bonchev–Trinajstić information content (AvgIpc) is 2.67. The van der Waals surface area contributed by atoms with E-state index < -0.39 is 0 Å². The largest absolute Gasteiger partial charge is 0.331 e. The van der Waals surface area contributed by atoms with Crippen LogP contribution in [0.15, 0.2) is 24.3 Å². The maximum atomic E-state index is 6.49. The van der Waals surface area contributed by atoms with Crippen molar-refractivity contribution in [3.63, 3.8) is 0 Å². The van der Waals surface area contributed by atoms with Crippen molar-refractivity contribution in [2.75, 3.05) is 0 Å². The number of para-hydroxylation sites is 2. The Bertz CT molecular complexity index is 565. The van der Waals surface area contributed by atoms with E-state index in [-0.39, 0.29) is 6.04 Å². The summed E-state index contributed by atoms with van der Waals surface area (Å²) >= 11 is 0. The highest BCUT2D eigenvalue weighted by atomic mass is 15.1. The number of benzene rings is 1. The second kappa shape index (κ2) is 5.96. The molecule has 0 spiro atoms. The van der Waals surface area contributed by atoms with Gasteiger partial charge >= 0.3 is 0 Å². The third-order valence-electron chi connectivity index (χ3n) is 4.80. The topological polar surface area (TPSA) is 43.8 Å². The lowest BCUT2D eigenvalue weighted by Gasteiger charge is -2.22. The first kappa shape index (κ1) is 13.6. The molecule has 108 valence electrons. The molecule has 3 rings (SSSR count). The molecule has 1 aromatic carbocycles. The fourth-order valence-electron chi connectivity index (χ4n) is 3.49. The van der Waals surface area contributed by atoms with Gasteiger partial charge in [0.2, 0.25) is 0 Å². The number of hydrogen-bond donors (Lipinski definition) is 1. The quantitative estimate of drug-likeness (QED) is 0.869. The van der Waals surface area contributed by atoms with E-state index in [1.807, 2.05) is 6.07 Å². The highest BCUT2D eigenvalue weighted by molar-refractivity contribution is 5.75. The standard InChI is InChI=1S/C17H25N3/c1-20-16-11-7-6-10-15(16)19-17(20)12-14(18)13-8-4-2-3-5-9-13/h6-7,10-11,13-14H,2-5,8-9,12,18H2,1H3. The zero-order chi connectivity index (χ0) is 13.9. The molecule has 0 saturated heterocycles. The van der Waals surface area contributed by atoms with Crippen molar-refractivity contribution in [2.24, 2.45) is 18.7 Å². The highest BCUT2D eigenvalue weighted by Gasteiger charge is 2.21. The molecule has 1 aliphatic rings. The van der Waals surface area contributed by atoms with Crippen LogP contribution in [0.5, 0.6) is 0 Å². The van der Waals surface area contributed by atoms with Crippen LogP contribution in [-0.4, -0.2) is 15.6 Å². The normalized spacial score (nSPS) is 19.1. The molecule has 1 unspecified atom stereocenters. The molecule has 0 bridgehead atoms. The number of fused-ring (bicyclic) bond motifs is 1. The summed E-state index contributed by atoms with van der Waals surface area (Å²) in [7, 11) is 2.10. The number of rotatable bonds is 3. The van der Waals surface area contributed by atoms with Gasteiger partial charge < -0.3 is 10.3 Å². The van der Waals surface area contributed by atoms with Crippen molar-refractivity contribution < 1.29 is 0 Å². The number of nitrogens with zero attached hydrogens (tertiary/aromatic N) is 2. The minimum absolute atomic E-state index is 0.253. The number of aromatic nitrogens is 2. The summed E-state index contributed by atoms with van der Waals surface area (Å²) in [5, 5.41) is 0. The van der Waals surface area contributed by atoms with Crippen molar-refractivity contribution >= 4 is 11.0 Å². The van der Waals surface area contributed by atoms with Crippen LogP contribution in [0.3, 0.4) is 0 Å². The van der Waals surface area contributed by atoms with Crippen LogP contribution in [0, 0.1) is 5.92 Å². The zero-order valence-corrected chi connectivity index (χ0v) is 12.4. The van der Waals surface area contributed by atoms with E-state index in [4.69, 9.17) is 10.7 Å². The van der Waals surface area contributed by atoms with Crippen LogP contribution in [0.2, 0.25) is 0 Å². The van der Waals surface area contributed by atoms with Crippen molar-refractivity contribution in [1.82, 2.24) is 9.55 Å². The molecule has 3 heteroatoms. The summed E-state index contributed by atoms with van der Waals surface area (Å²) < 4.78 is 2.20. The van der Waals surface area contributed by atoms with Gasteiger partial charge in [-0.05, 0) is 30.9 Å². The molecule has 20 heavy (non-hydrogen) atoms. The predicted octanol–water partition coefficient (Wildman–Crippen LogP) is 3.41. The lowest BCUT2D eigenvalue weighted by Crippen LogP contribution is -2.33. The van der Waals surface area contributed by atoms with Crippen molar-refractivity contribution in [1.29, 1.82) is 0 Å². The molecule has 3 nitrogen and oxygen atoms in total. The Hall–Kier alpha value is -1.35. The first-order valence-corrected chi connectivity index (χ1v) is 7.91. The second-order valence-electron chi connectivity index (χ2n) is 6.20. The van der Waals surface area contributed by atoms with Gasteiger partial charge in [0.25, 0.3) is 0 Å². The van der Waals surface area contributed by atoms with E-state index >= 15 is 0 Å². The van der Waals surface area contributed by atoms with Gasteiger partial charge in [0.1, 0.15) is 5.82 Å². The van der Waals surface area contributed by atoms with Gasteiger partial charge in [-0.15, -0.1) is 0 Å². The van der Waals surface area contributed by atoms with Crippen LogP contribution < -0.4 is 5.73 Å². The summed E-state index contributed by atoms with van der Waals surface area (Å²) in [6.45, 7) is 0. The van der Waals surface area contributed by atoms with Crippen LogP contribution in [0.1, 0.15) is 44.3 Å². The Morgan fingerprint density at radius 3 is 2.60 bits per heavy atom. The number of aryl methyl sites for hydroxylation is 1. The number of nitrogens with two attached hydrogens (primary N) is 1. The Balaban J connectivity index is 1.76. The summed E-state index contributed by atoms with van der Waals surface area (Å²) in [5.41, 5.74) is 8.77. The monoisotopic (exact) mass is 271 g/mol. The van der Waals surface area contributed by atoms with Crippen LogP contribution in [0.25, 0.3) is 11.0 Å². The Labute approximate surface area is 121 Å². The fourth-order valence-corrected chi connectivity index (χ4v) is 3.49. The molecular weight excluding hydrogens is 246 g/mol. The van der Waals surface area contributed by atoms with Gasteiger partial charge in [-0.25, -0.2) is 4.98 Å². The molecular formula is C17H25N3. The highest BCUT2D eigenvalue weighted by Crippen LogP contribution is 2.26. The molecule has 2 aromatic rings. The minimum atomic E-state index is 0.253. The smallest absolute Gasteiger partial charge is 0.111 e. The van der Waals surface area contributed by atoms with E-state index in [9.17, 15) is 0 Å². The van der Waals surface area contributed by atoms with Gasteiger partial charge in [0.15, 0.2) is 0 Å².